The molecule has 3 heterocycles. The number of amides is 1. The molecule has 2 N–H and O–H groups in total. The fraction of sp³-hybridized carbons (Fsp3) is 0.235. The predicted molar refractivity (Wildman–Crippen MR) is 89.3 cm³/mol. The first-order valence-electron chi connectivity index (χ1n) is 7.36. The van der Waals surface area contributed by atoms with Gasteiger partial charge < -0.3 is 10.3 Å². The number of rotatable bonds is 2. The second-order valence-electron chi connectivity index (χ2n) is 5.88. The van der Waals surface area contributed by atoms with Crippen molar-refractivity contribution in [3.63, 3.8) is 0 Å². The molecule has 1 aliphatic carbocycles. The summed E-state index contributed by atoms with van der Waals surface area (Å²) in [6.07, 6.45) is 3.77. The summed E-state index contributed by atoms with van der Waals surface area (Å²) in [6, 6.07) is 5.78. The summed E-state index contributed by atoms with van der Waals surface area (Å²) in [6.45, 7) is 2.02. The number of nitrogens with one attached hydrogen (secondary N) is 2. The summed E-state index contributed by atoms with van der Waals surface area (Å²) in [4.78, 5) is 25.0. The Labute approximate surface area is 137 Å². The minimum atomic E-state index is -0.249. The zero-order valence-electron chi connectivity index (χ0n) is 12.5. The minimum Gasteiger partial charge on any atom is -0.346 e. The molecule has 23 heavy (non-hydrogen) atoms. The summed E-state index contributed by atoms with van der Waals surface area (Å²) in [5, 5.41) is 5.78. The van der Waals surface area contributed by atoms with Crippen LogP contribution in [0.15, 0.2) is 29.8 Å². The van der Waals surface area contributed by atoms with Crippen LogP contribution < -0.4 is 5.32 Å². The molecule has 0 aromatic carbocycles. The maximum Gasteiger partial charge on any atom is 0.289 e. The first kappa shape index (κ1) is 14.0. The van der Waals surface area contributed by atoms with E-state index in [9.17, 15) is 4.79 Å². The van der Waals surface area contributed by atoms with Gasteiger partial charge in [0.1, 0.15) is 11.3 Å². The quantitative estimate of drug-likeness (QED) is 0.713. The molecule has 4 rings (SSSR count). The molecule has 3 aromatic rings. The molecule has 0 atom stereocenters. The van der Waals surface area contributed by atoms with Crippen LogP contribution in [0.5, 0.6) is 0 Å². The Morgan fingerprint density at radius 2 is 2.22 bits per heavy atom. The molecule has 3 aromatic heterocycles. The number of hydrogen-bond acceptors (Lipinski definition) is 4. The Hall–Kier alpha value is -2.65. The first-order valence-corrected chi connectivity index (χ1v) is 8.24. The monoisotopic (exact) mass is 322 g/mol. The number of fused-ring (bicyclic) bond motifs is 1. The van der Waals surface area contributed by atoms with Gasteiger partial charge in [-0.3, -0.25) is 4.79 Å². The van der Waals surface area contributed by atoms with E-state index in [1.165, 1.54) is 0 Å². The highest BCUT2D eigenvalue weighted by atomic mass is 32.1. The number of aromatic nitrogens is 3. The second-order valence-corrected chi connectivity index (χ2v) is 6.83. The fourth-order valence-electron chi connectivity index (χ4n) is 2.25. The third kappa shape index (κ3) is 2.83. The van der Waals surface area contributed by atoms with Crippen molar-refractivity contribution in [3.8, 4) is 11.8 Å². The van der Waals surface area contributed by atoms with E-state index in [1.807, 2.05) is 30.5 Å². The van der Waals surface area contributed by atoms with Gasteiger partial charge in [0.2, 0.25) is 5.82 Å². The molecule has 1 aliphatic rings. The lowest BCUT2D eigenvalue weighted by Crippen LogP contribution is -2.35. The van der Waals surface area contributed by atoms with Crippen molar-refractivity contribution in [2.45, 2.75) is 25.3 Å². The van der Waals surface area contributed by atoms with E-state index in [-0.39, 0.29) is 17.3 Å². The summed E-state index contributed by atoms with van der Waals surface area (Å²) in [7, 11) is 0. The number of thiophene rings is 1. The Kier molecular flexibility index (Phi) is 3.17. The highest BCUT2D eigenvalue weighted by Crippen LogP contribution is 2.34. The number of hydrogen-bond donors (Lipinski definition) is 2. The standard InChI is InChI=1S/C17H14N4OS/c1-17(7-8-17)21-16(22)15-19-13(5-4-11-3-2-10-23-11)12-6-9-18-14(12)20-15/h2-3,6,9-10H,7-8H2,1H3,(H,21,22)(H,18,19,20). The molecular weight excluding hydrogens is 308 g/mol. The largest absolute Gasteiger partial charge is 0.346 e. The van der Waals surface area contributed by atoms with Crippen LogP contribution in [0, 0.1) is 11.8 Å². The Bertz CT molecular complexity index is 942. The molecule has 5 nitrogen and oxygen atoms in total. The number of nitrogens with zero attached hydrogens (tertiary/aromatic N) is 2. The van der Waals surface area contributed by atoms with Crippen molar-refractivity contribution >= 4 is 28.3 Å². The van der Waals surface area contributed by atoms with Gasteiger partial charge in [0.15, 0.2) is 0 Å². The number of aromatic amines is 1. The van der Waals surface area contributed by atoms with Crippen LogP contribution in [0.4, 0.5) is 0 Å². The summed E-state index contributed by atoms with van der Waals surface area (Å²) >= 11 is 1.57. The van der Waals surface area contributed by atoms with Gasteiger partial charge in [-0.15, -0.1) is 11.3 Å². The highest BCUT2D eigenvalue weighted by Gasteiger charge is 2.39. The van der Waals surface area contributed by atoms with Gasteiger partial charge in [-0.25, -0.2) is 9.97 Å². The third-order valence-electron chi connectivity index (χ3n) is 3.86. The molecule has 1 saturated carbocycles. The van der Waals surface area contributed by atoms with Crippen molar-refractivity contribution in [2.24, 2.45) is 0 Å². The van der Waals surface area contributed by atoms with Crippen molar-refractivity contribution in [3.05, 3.63) is 46.2 Å². The minimum absolute atomic E-state index is 0.103. The molecule has 1 fully saturated rings. The van der Waals surface area contributed by atoms with Gasteiger partial charge in [0.05, 0.1) is 10.3 Å². The lowest BCUT2D eigenvalue weighted by molar-refractivity contribution is 0.0925. The second kappa shape index (κ2) is 5.21. The molecule has 0 unspecified atom stereocenters. The van der Waals surface area contributed by atoms with Crippen molar-refractivity contribution in [2.75, 3.05) is 0 Å². The number of carbonyl (C=O) groups excluding carboxylic acids is 1. The van der Waals surface area contributed by atoms with Crippen LogP contribution in [0.3, 0.4) is 0 Å². The average Bonchev–Trinajstić information content (AvgIpc) is 3.00. The lowest BCUT2D eigenvalue weighted by atomic mass is 10.2. The van der Waals surface area contributed by atoms with Gasteiger partial charge in [-0.2, -0.15) is 0 Å². The van der Waals surface area contributed by atoms with Crippen LogP contribution in [0.2, 0.25) is 0 Å². The maximum absolute atomic E-state index is 12.4. The zero-order valence-corrected chi connectivity index (χ0v) is 13.3. The fourth-order valence-corrected chi connectivity index (χ4v) is 2.82. The zero-order chi connectivity index (χ0) is 15.9. The summed E-state index contributed by atoms with van der Waals surface area (Å²) in [5.41, 5.74) is 1.09. The average molecular weight is 322 g/mol. The summed E-state index contributed by atoms with van der Waals surface area (Å²) < 4.78 is 0. The van der Waals surface area contributed by atoms with E-state index in [4.69, 9.17) is 0 Å². The molecule has 0 saturated heterocycles. The topological polar surface area (TPSA) is 70.7 Å². The molecule has 114 valence electrons. The number of H-pyrrole nitrogens is 1. The Morgan fingerprint density at radius 1 is 1.35 bits per heavy atom. The van der Waals surface area contributed by atoms with Crippen molar-refractivity contribution < 1.29 is 4.79 Å². The van der Waals surface area contributed by atoms with Gasteiger partial charge in [0, 0.05) is 11.7 Å². The van der Waals surface area contributed by atoms with E-state index >= 15 is 0 Å². The Morgan fingerprint density at radius 3 is 2.96 bits per heavy atom. The van der Waals surface area contributed by atoms with E-state index in [2.05, 4.69) is 32.1 Å². The van der Waals surface area contributed by atoms with E-state index in [1.54, 1.807) is 17.5 Å². The SMILES string of the molecule is CC1(NC(=O)c2nc(C#Cc3cccs3)c3cc[nH]c3n2)CC1. The first-order chi connectivity index (χ1) is 11.1. The number of carbonyl (C=O) groups is 1. The molecule has 6 heteroatoms. The Balaban J connectivity index is 1.73. The van der Waals surface area contributed by atoms with Crippen LogP contribution in [-0.4, -0.2) is 26.4 Å². The molecular formula is C17H14N4OS. The highest BCUT2D eigenvalue weighted by molar-refractivity contribution is 7.10. The molecule has 0 bridgehead atoms. The molecule has 0 aliphatic heterocycles. The van der Waals surface area contributed by atoms with E-state index in [0.717, 1.165) is 23.1 Å². The van der Waals surface area contributed by atoms with Crippen molar-refractivity contribution in [1.29, 1.82) is 0 Å². The van der Waals surface area contributed by atoms with E-state index in [0.29, 0.717) is 11.3 Å². The predicted octanol–water partition coefficient (Wildman–Crippen LogP) is 2.70. The third-order valence-corrected chi connectivity index (χ3v) is 4.64. The molecule has 1 amide bonds. The van der Waals surface area contributed by atoms with Crippen molar-refractivity contribution in [1.82, 2.24) is 20.3 Å². The lowest BCUT2D eigenvalue weighted by Gasteiger charge is -2.10. The maximum atomic E-state index is 12.4. The van der Waals surface area contributed by atoms with Crippen LogP contribution in [0.1, 0.15) is 41.0 Å². The summed E-state index contributed by atoms with van der Waals surface area (Å²) in [5.74, 6) is 6.05. The molecule has 0 radical (unpaired) electrons. The van der Waals surface area contributed by atoms with E-state index < -0.39 is 0 Å². The van der Waals surface area contributed by atoms with Crippen LogP contribution in [-0.2, 0) is 0 Å². The van der Waals surface area contributed by atoms with Gasteiger partial charge >= 0.3 is 0 Å². The van der Waals surface area contributed by atoms with Crippen LogP contribution >= 0.6 is 11.3 Å². The van der Waals surface area contributed by atoms with Gasteiger partial charge in [0.25, 0.3) is 5.91 Å². The smallest absolute Gasteiger partial charge is 0.289 e. The normalized spacial score (nSPS) is 15.0. The molecule has 0 spiro atoms. The van der Waals surface area contributed by atoms with Gasteiger partial charge in [-0.05, 0) is 49.1 Å². The van der Waals surface area contributed by atoms with Gasteiger partial charge in [-0.1, -0.05) is 6.07 Å². The van der Waals surface area contributed by atoms with Crippen LogP contribution in [0.25, 0.3) is 11.0 Å².